The van der Waals surface area contributed by atoms with Gasteiger partial charge in [-0.3, -0.25) is 0 Å². The summed E-state index contributed by atoms with van der Waals surface area (Å²) in [5.41, 5.74) is 0. The van der Waals surface area contributed by atoms with Crippen molar-refractivity contribution in [1.29, 1.82) is 0 Å². The Kier molecular flexibility index (Phi) is 13.8. The summed E-state index contributed by atoms with van der Waals surface area (Å²) in [6.45, 7) is 5.30. The van der Waals surface area contributed by atoms with E-state index in [2.05, 4.69) is 12.2 Å². The van der Waals surface area contributed by atoms with Gasteiger partial charge in [0.2, 0.25) is 0 Å². The summed E-state index contributed by atoms with van der Waals surface area (Å²) >= 11 is 0. The molecule has 132 valence electrons. The average Bonchev–Trinajstić information content (AvgIpc) is 2.59. The number of para-hydroxylation sites is 1. The highest BCUT2D eigenvalue weighted by Gasteiger charge is 1.94. The summed E-state index contributed by atoms with van der Waals surface area (Å²) in [5.74, 6) is 0.974. The van der Waals surface area contributed by atoms with E-state index in [-0.39, 0.29) is 0 Å². The monoisotopic (exact) mass is 319 g/mol. The largest absolute Gasteiger partial charge is 0.494 e. The number of rotatable bonds is 16. The van der Waals surface area contributed by atoms with Crippen molar-refractivity contribution in [2.24, 2.45) is 0 Å². The van der Waals surface area contributed by atoms with Gasteiger partial charge in [0.05, 0.1) is 6.61 Å². The predicted octanol–water partition coefficient (Wildman–Crippen LogP) is 5.97. The van der Waals surface area contributed by atoms with Gasteiger partial charge >= 0.3 is 0 Å². The normalized spacial score (nSPS) is 10.8. The van der Waals surface area contributed by atoms with Gasteiger partial charge in [0.1, 0.15) is 5.75 Å². The molecule has 0 heterocycles. The van der Waals surface area contributed by atoms with Crippen molar-refractivity contribution < 1.29 is 4.74 Å². The Labute approximate surface area is 144 Å². The lowest BCUT2D eigenvalue weighted by atomic mass is 10.1. The molecular weight excluding hydrogens is 282 g/mol. The van der Waals surface area contributed by atoms with E-state index in [1.165, 1.54) is 64.2 Å². The lowest BCUT2D eigenvalue weighted by Gasteiger charge is -2.07. The highest BCUT2D eigenvalue weighted by molar-refractivity contribution is 5.20. The quantitative estimate of drug-likeness (QED) is 0.379. The van der Waals surface area contributed by atoms with E-state index in [1.807, 2.05) is 30.3 Å². The smallest absolute Gasteiger partial charge is 0.119 e. The van der Waals surface area contributed by atoms with Crippen molar-refractivity contribution in [3.63, 3.8) is 0 Å². The van der Waals surface area contributed by atoms with E-state index in [9.17, 15) is 0 Å². The molecule has 0 atom stereocenters. The van der Waals surface area contributed by atoms with Crippen molar-refractivity contribution in [2.45, 2.75) is 77.6 Å². The first kappa shape index (κ1) is 20.0. The van der Waals surface area contributed by atoms with Gasteiger partial charge in [-0.15, -0.1) is 0 Å². The van der Waals surface area contributed by atoms with Crippen LogP contribution in [0.15, 0.2) is 30.3 Å². The molecule has 0 bridgehead atoms. The first-order valence-electron chi connectivity index (χ1n) is 9.82. The summed E-state index contributed by atoms with van der Waals surface area (Å²) in [4.78, 5) is 0. The second kappa shape index (κ2) is 15.9. The molecular formula is C21H37NO. The van der Waals surface area contributed by atoms with Gasteiger partial charge in [-0.05, 0) is 38.1 Å². The van der Waals surface area contributed by atoms with Crippen LogP contribution >= 0.6 is 0 Å². The molecule has 0 amide bonds. The van der Waals surface area contributed by atoms with Gasteiger partial charge in [-0.25, -0.2) is 0 Å². The van der Waals surface area contributed by atoms with Gasteiger partial charge in [0.15, 0.2) is 0 Å². The number of hydrogen-bond donors (Lipinski definition) is 1. The number of hydrogen-bond acceptors (Lipinski definition) is 2. The Bertz CT molecular complexity index is 339. The molecule has 1 rings (SSSR count). The molecule has 0 aliphatic carbocycles. The molecule has 0 aliphatic rings. The van der Waals surface area contributed by atoms with Crippen molar-refractivity contribution in [3.8, 4) is 5.75 Å². The highest BCUT2D eigenvalue weighted by atomic mass is 16.5. The van der Waals surface area contributed by atoms with Crippen molar-refractivity contribution >= 4 is 0 Å². The van der Waals surface area contributed by atoms with Crippen molar-refractivity contribution in [3.05, 3.63) is 30.3 Å². The maximum absolute atomic E-state index is 5.67. The Morgan fingerprint density at radius 3 is 1.91 bits per heavy atom. The number of unbranched alkanes of at least 4 members (excludes halogenated alkanes) is 9. The molecule has 2 nitrogen and oxygen atoms in total. The fourth-order valence-electron chi connectivity index (χ4n) is 2.77. The van der Waals surface area contributed by atoms with Crippen LogP contribution in [0.4, 0.5) is 0 Å². The maximum atomic E-state index is 5.67. The fourth-order valence-corrected chi connectivity index (χ4v) is 2.77. The molecule has 1 N–H and O–H groups in total. The van der Waals surface area contributed by atoms with Gasteiger partial charge < -0.3 is 10.1 Å². The average molecular weight is 320 g/mol. The Balaban J connectivity index is 1.72. The fraction of sp³-hybridized carbons (Fsp3) is 0.714. The molecule has 0 fully saturated rings. The van der Waals surface area contributed by atoms with Crippen LogP contribution in [-0.4, -0.2) is 19.7 Å². The number of ether oxygens (including phenoxy) is 1. The topological polar surface area (TPSA) is 21.3 Å². The summed E-state index contributed by atoms with van der Waals surface area (Å²) in [7, 11) is 0. The zero-order valence-corrected chi connectivity index (χ0v) is 15.2. The first-order chi connectivity index (χ1) is 11.4. The van der Waals surface area contributed by atoms with E-state index in [0.717, 1.165) is 31.9 Å². The second-order valence-corrected chi connectivity index (χ2v) is 6.45. The summed E-state index contributed by atoms with van der Waals surface area (Å²) in [6.07, 6.45) is 15.1. The van der Waals surface area contributed by atoms with Gasteiger partial charge in [0.25, 0.3) is 0 Å². The molecule has 1 aromatic carbocycles. The summed E-state index contributed by atoms with van der Waals surface area (Å²) < 4.78 is 5.67. The van der Waals surface area contributed by atoms with E-state index in [1.54, 1.807) is 0 Å². The Morgan fingerprint density at radius 2 is 1.26 bits per heavy atom. The molecule has 0 spiro atoms. The van der Waals surface area contributed by atoms with Crippen LogP contribution in [0.3, 0.4) is 0 Å². The number of nitrogens with one attached hydrogen (secondary N) is 1. The van der Waals surface area contributed by atoms with Gasteiger partial charge in [-0.2, -0.15) is 0 Å². The zero-order chi connectivity index (χ0) is 16.4. The zero-order valence-electron chi connectivity index (χ0n) is 15.2. The van der Waals surface area contributed by atoms with E-state index < -0.39 is 0 Å². The minimum atomic E-state index is 0.801. The molecule has 0 radical (unpaired) electrons. The predicted molar refractivity (Wildman–Crippen MR) is 101 cm³/mol. The van der Waals surface area contributed by atoms with Crippen LogP contribution in [-0.2, 0) is 0 Å². The van der Waals surface area contributed by atoms with Crippen LogP contribution < -0.4 is 10.1 Å². The SMILES string of the molecule is CCCCCCCCCCCCNCCCOc1ccccc1. The lowest BCUT2D eigenvalue weighted by Crippen LogP contribution is -2.18. The Hall–Kier alpha value is -1.02. The molecule has 0 unspecified atom stereocenters. The van der Waals surface area contributed by atoms with Gasteiger partial charge in [0, 0.05) is 0 Å². The molecule has 0 saturated heterocycles. The number of benzene rings is 1. The first-order valence-corrected chi connectivity index (χ1v) is 9.82. The molecule has 0 aromatic heterocycles. The highest BCUT2D eigenvalue weighted by Crippen LogP contribution is 2.10. The standard InChI is InChI=1S/C21H37NO/c1-2-3-4-5-6-7-8-9-10-14-18-22-19-15-20-23-21-16-12-11-13-17-21/h11-13,16-17,22H,2-10,14-15,18-20H2,1H3. The molecule has 1 aromatic rings. The van der Waals surface area contributed by atoms with Crippen LogP contribution in [0.25, 0.3) is 0 Å². The lowest BCUT2D eigenvalue weighted by molar-refractivity contribution is 0.308. The summed E-state index contributed by atoms with van der Waals surface area (Å²) in [5, 5.41) is 3.52. The third kappa shape index (κ3) is 13.1. The third-order valence-electron chi connectivity index (χ3n) is 4.22. The molecule has 23 heavy (non-hydrogen) atoms. The van der Waals surface area contributed by atoms with E-state index in [0.29, 0.717) is 0 Å². The van der Waals surface area contributed by atoms with Gasteiger partial charge in [-0.1, -0.05) is 82.9 Å². The Morgan fingerprint density at radius 1 is 0.696 bits per heavy atom. The molecule has 0 saturated carbocycles. The second-order valence-electron chi connectivity index (χ2n) is 6.45. The maximum Gasteiger partial charge on any atom is 0.119 e. The van der Waals surface area contributed by atoms with Crippen LogP contribution in [0, 0.1) is 0 Å². The molecule has 2 heteroatoms. The minimum Gasteiger partial charge on any atom is -0.494 e. The van der Waals surface area contributed by atoms with Crippen LogP contribution in [0.5, 0.6) is 5.75 Å². The van der Waals surface area contributed by atoms with Crippen LogP contribution in [0.1, 0.15) is 77.6 Å². The summed E-state index contributed by atoms with van der Waals surface area (Å²) in [6, 6.07) is 10.1. The van der Waals surface area contributed by atoms with Crippen molar-refractivity contribution in [2.75, 3.05) is 19.7 Å². The third-order valence-corrected chi connectivity index (χ3v) is 4.22. The van der Waals surface area contributed by atoms with E-state index >= 15 is 0 Å². The van der Waals surface area contributed by atoms with Crippen LogP contribution in [0.2, 0.25) is 0 Å². The molecule has 0 aliphatic heterocycles. The van der Waals surface area contributed by atoms with Crippen molar-refractivity contribution in [1.82, 2.24) is 5.32 Å². The minimum absolute atomic E-state index is 0.801. The van der Waals surface area contributed by atoms with E-state index in [4.69, 9.17) is 4.74 Å².